The maximum absolute atomic E-state index is 12.1. The van der Waals surface area contributed by atoms with Crippen LogP contribution in [0.15, 0.2) is 30.3 Å². The molecule has 0 saturated heterocycles. The Morgan fingerprint density at radius 2 is 1.68 bits per heavy atom. The van der Waals surface area contributed by atoms with Crippen molar-refractivity contribution in [3.63, 3.8) is 0 Å². The fraction of sp³-hybridized carbons (Fsp3) is 0.556. The van der Waals surface area contributed by atoms with E-state index in [1.54, 1.807) is 20.8 Å². The number of ether oxygens (including phenoxy) is 2. The molecule has 1 rings (SSSR count). The minimum absolute atomic E-state index is 0. The Hall–Kier alpha value is -1.63. The average molecular weight is 373 g/mol. The Balaban J connectivity index is 0.00000576. The lowest BCUT2D eigenvalue weighted by atomic mass is 10.00. The van der Waals surface area contributed by atoms with Gasteiger partial charge in [-0.3, -0.25) is 9.59 Å². The molecule has 1 unspecified atom stereocenters. The maximum atomic E-state index is 12.1. The number of nitrogens with two attached hydrogens (primary N) is 2. The minimum atomic E-state index is -0.778. The molecule has 2 atom stereocenters. The summed E-state index contributed by atoms with van der Waals surface area (Å²) in [4.78, 5) is 23.9. The van der Waals surface area contributed by atoms with Gasteiger partial charge in [0.15, 0.2) is 0 Å². The average Bonchev–Trinajstić information content (AvgIpc) is 2.52. The fourth-order valence-electron chi connectivity index (χ4n) is 2.05. The van der Waals surface area contributed by atoms with Crippen LogP contribution in [0.2, 0.25) is 0 Å². The van der Waals surface area contributed by atoms with Gasteiger partial charge in [0, 0.05) is 6.54 Å². The lowest BCUT2D eigenvalue weighted by Crippen LogP contribution is -2.38. The van der Waals surface area contributed by atoms with E-state index < -0.39 is 23.5 Å². The zero-order valence-corrected chi connectivity index (χ0v) is 15.9. The second kappa shape index (κ2) is 11.1. The van der Waals surface area contributed by atoms with E-state index in [0.29, 0.717) is 12.8 Å². The molecule has 0 saturated carbocycles. The lowest BCUT2D eigenvalue weighted by Gasteiger charge is -2.22. The van der Waals surface area contributed by atoms with Gasteiger partial charge in [0.25, 0.3) is 0 Å². The van der Waals surface area contributed by atoms with E-state index in [1.807, 2.05) is 30.3 Å². The molecule has 1 aromatic rings. The van der Waals surface area contributed by atoms with Crippen LogP contribution in [0.25, 0.3) is 0 Å². The van der Waals surface area contributed by atoms with Crippen LogP contribution in [0, 0.1) is 5.92 Å². The van der Waals surface area contributed by atoms with Crippen LogP contribution in [-0.2, 0) is 25.7 Å². The van der Waals surface area contributed by atoms with Crippen molar-refractivity contribution in [3.05, 3.63) is 35.9 Å². The van der Waals surface area contributed by atoms with Gasteiger partial charge in [-0.25, -0.2) is 0 Å². The predicted octanol–water partition coefficient (Wildman–Crippen LogP) is 2.18. The molecule has 7 heteroatoms. The molecule has 0 radical (unpaired) electrons. The van der Waals surface area contributed by atoms with E-state index in [1.165, 1.54) is 0 Å². The zero-order valence-electron chi connectivity index (χ0n) is 15.1. The number of benzene rings is 1. The van der Waals surface area contributed by atoms with Gasteiger partial charge in [0.2, 0.25) is 0 Å². The summed E-state index contributed by atoms with van der Waals surface area (Å²) < 4.78 is 10.5. The first-order chi connectivity index (χ1) is 11.2. The molecule has 0 aliphatic heterocycles. The largest absolute Gasteiger partial charge is 0.461 e. The van der Waals surface area contributed by atoms with E-state index in [4.69, 9.17) is 20.9 Å². The minimum Gasteiger partial charge on any atom is -0.461 e. The van der Waals surface area contributed by atoms with Gasteiger partial charge in [-0.05, 0) is 39.2 Å². The van der Waals surface area contributed by atoms with Gasteiger partial charge in [-0.1, -0.05) is 30.3 Å². The number of esters is 2. The molecular weight excluding hydrogens is 344 g/mol. The molecule has 0 amide bonds. The molecule has 0 bridgehead atoms. The fourth-order valence-corrected chi connectivity index (χ4v) is 2.05. The number of rotatable bonds is 8. The molecule has 1 aromatic carbocycles. The Labute approximate surface area is 155 Å². The molecule has 0 fully saturated rings. The summed E-state index contributed by atoms with van der Waals surface area (Å²) in [6.45, 7) is 5.69. The number of halogens is 1. The van der Waals surface area contributed by atoms with Crippen LogP contribution in [0.1, 0.15) is 39.2 Å². The first kappa shape index (κ1) is 23.4. The second-order valence-electron chi connectivity index (χ2n) is 6.74. The van der Waals surface area contributed by atoms with E-state index in [9.17, 15) is 9.59 Å². The Morgan fingerprint density at radius 1 is 1.08 bits per heavy atom. The van der Waals surface area contributed by atoms with Crippen molar-refractivity contribution in [1.82, 2.24) is 0 Å². The summed E-state index contributed by atoms with van der Waals surface area (Å²) >= 11 is 0. The highest BCUT2D eigenvalue weighted by Crippen LogP contribution is 2.14. The topological polar surface area (TPSA) is 105 Å². The van der Waals surface area contributed by atoms with Crippen molar-refractivity contribution >= 4 is 24.3 Å². The van der Waals surface area contributed by atoms with Gasteiger partial charge < -0.3 is 20.9 Å². The number of carbonyl (C=O) groups excluding carboxylic acids is 2. The van der Waals surface area contributed by atoms with Gasteiger partial charge in [0.1, 0.15) is 18.2 Å². The van der Waals surface area contributed by atoms with Crippen molar-refractivity contribution in [2.24, 2.45) is 17.4 Å². The quantitative estimate of drug-likeness (QED) is 0.677. The molecule has 25 heavy (non-hydrogen) atoms. The van der Waals surface area contributed by atoms with Gasteiger partial charge in [-0.15, -0.1) is 12.4 Å². The lowest BCUT2D eigenvalue weighted by molar-refractivity contribution is -0.157. The third kappa shape index (κ3) is 9.43. The number of hydrogen-bond acceptors (Lipinski definition) is 6. The van der Waals surface area contributed by atoms with Gasteiger partial charge >= 0.3 is 11.9 Å². The molecule has 0 heterocycles. The van der Waals surface area contributed by atoms with Crippen molar-refractivity contribution in [3.8, 4) is 0 Å². The number of carbonyl (C=O) groups is 2. The molecular formula is C18H29ClN2O4. The summed E-state index contributed by atoms with van der Waals surface area (Å²) in [7, 11) is 0. The molecule has 0 spiro atoms. The summed E-state index contributed by atoms with van der Waals surface area (Å²) in [5, 5.41) is 0. The monoisotopic (exact) mass is 372 g/mol. The van der Waals surface area contributed by atoms with E-state index in [2.05, 4.69) is 0 Å². The zero-order chi connectivity index (χ0) is 18.2. The summed E-state index contributed by atoms with van der Waals surface area (Å²) in [5.41, 5.74) is 11.8. The SMILES string of the molecule is CC(C)(C)OC(=O)[C@@H](N)CCC(CN)C(=O)OCc1ccccc1.Cl. The normalized spacial score (nSPS) is 13.3. The van der Waals surface area contributed by atoms with Crippen LogP contribution in [0.5, 0.6) is 0 Å². The highest BCUT2D eigenvalue weighted by Gasteiger charge is 2.25. The highest BCUT2D eigenvalue weighted by atomic mass is 35.5. The van der Waals surface area contributed by atoms with Crippen molar-refractivity contribution in [2.75, 3.05) is 6.54 Å². The summed E-state index contributed by atoms with van der Waals surface area (Å²) in [5.74, 6) is -1.34. The molecule has 0 aliphatic rings. The highest BCUT2D eigenvalue weighted by molar-refractivity contribution is 5.85. The van der Waals surface area contributed by atoms with E-state index >= 15 is 0 Å². The second-order valence-corrected chi connectivity index (χ2v) is 6.74. The Bertz CT molecular complexity index is 532. The molecule has 0 aromatic heterocycles. The van der Waals surface area contributed by atoms with E-state index in [0.717, 1.165) is 5.56 Å². The van der Waals surface area contributed by atoms with Crippen LogP contribution in [-0.4, -0.2) is 30.1 Å². The van der Waals surface area contributed by atoms with Gasteiger partial charge in [-0.2, -0.15) is 0 Å². The maximum Gasteiger partial charge on any atom is 0.323 e. The molecule has 4 N–H and O–H groups in total. The van der Waals surface area contributed by atoms with Crippen LogP contribution in [0.4, 0.5) is 0 Å². The van der Waals surface area contributed by atoms with Crippen molar-refractivity contribution < 1.29 is 19.1 Å². The first-order valence-electron chi connectivity index (χ1n) is 8.12. The third-order valence-electron chi connectivity index (χ3n) is 3.38. The Kier molecular flexibility index (Phi) is 10.4. The van der Waals surface area contributed by atoms with Gasteiger partial charge in [0.05, 0.1) is 5.92 Å². The predicted molar refractivity (Wildman–Crippen MR) is 99.1 cm³/mol. The number of hydrogen-bond donors (Lipinski definition) is 2. The molecule has 6 nitrogen and oxygen atoms in total. The standard InChI is InChI=1S/C18H28N2O4.ClH/c1-18(2,3)24-17(22)15(20)10-9-14(11-19)16(21)23-12-13-7-5-4-6-8-13;/h4-8,14-15H,9-12,19-20H2,1-3H3;1H/t14?,15-;/m0./s1. The third-order valence-corrected chi connectivity index (χ3v) is 3.38. The first-order valence-corrected chi connectivity index (χ1v) is 8.12. The van der Waals surface area contributed by atoms with Crippen LogP contribution >= 0.6 is 12.4 Å². The van der Waals surface area contributed by atoms with Crippen molar-refractivity contribution in [2.45, 2.75) is 51.9 Å². The van der Waals surface area contributed by atoms with Crippen LogP contribution < -0.4 is 11.5 Å². The van der Waals surface area contributed by atoms with E-state index in [-0.39, 0.29) is 31.5 Å². The molecule has 0 aliphatic carbocycles. The molecule has 142 valence electrons. The van der Waals surface area contributed by atoms with Crippen molar-refractivity contribution in [1.29, 1.82) is 0 Å². The summed E-state index contributed by atoms with van der Waals surface area (Å²) in [6.07, 6.45) is 0.696. The van der Waals surface area contributed by atoms with Crippen LogP contribution in [0.3, 0.4) is 0 Å². The summed E-state index contributed by atoms with van der Waals surface area (Å²) in [6, 6.07) is 8.63. The Morgan fingerprint density at radius 3 is 2.20 bits per heavy atom. The smallest absolute Gasteiger partial charge is 0.323 e.